The van der Waals surface area contributed by atoms with Crippen LogP contribution in [0.4, 0.5) is 8.78 Å². The van der Waals surface area contributed by atoms with E-state index in [0.29, 0.717) is 12.8 Å². The van der Waals surface area contributed by atoms with Gasteiger partial charge in [0.1, 0.15) is 36.3 Å². The minimum Gasteiger partial charge on any atom is -0.481 e. The fourth-order valence-corrected chi connectivity index (χ4v) is 6.03. The molecular weight excluding hydrogens is 946 g/mol. The van der Waals surface area contributed by atoms with Gasteiger partial charge >= 0.3 is 23.9 Å². The van der Waals surface area contributed by atoms with Crippen molar-refractivity contribution >= 4 is 76.7 Å². The molecule has 2 unspecified atom stereocenters. The zero-order chi connectivity index (χ0) is 54.5. The smallest absolute Gasteiger partial charge is 0.305 e. The molecule has 0 aliphatic heterocycles. The summed E-state index contributed by atoms with van der Waals surface area (Å²) in [4.78, 5) is 164. The lowest BCUT2D eigenvalue weighted by Gasteiger charge is -2.28. The quantitative estimate of drug-likeness (QED) is 0.0270. The first-order chi connectivity index (χ1) is 32.3. The largest absolute Gasteiger partial charge is 0.481 e. The maximum atomic E-state index is 15.6. The third-order valence-electron chi connectivity index (χ3n) is 10.9. The molecule has 0 fully saturated rings. The molecule has 0 spiro atoms. The van der Waals surface area contributed by atoms with E-state index in [9.17, 15) is 82.8 Å². The summed E-state index contributed by atoms with van der Waals surface area (Å²) >= 11 is 0. The number of hydrogen-bond acceptors (Lipinski definition) is 17. The number of ketones is 3. The predicted molar refractivity (Wildman–Crippen MR) is 233 cm³/mol. The van der Waals surface area contributed by atoms with Gasteiger partial charge in [-0.25, -0.2) is 8.78 Å². The number of aliphatic carboxylic acids is 4. The van der Waals surface area contributed by atoms with E-state index in [1.807, 2.05) is 10.6 Å². The van der Waals surface area contributed by atoms with Crippen LogP contribution in [-0.2, 0) is 62.3 Å². The van der Waals surface area contributed by atoms with E-state index < -0.39 is 200 Å². The lowest BCUT2D eigenvalue weighted by Crippen LogP contribution is -2.61. The van der Waals surface area contributed by atoms with Crippen LogP contribution in [0, 0.1) is 11.8 Å². The zero-order valence-electron chi connectivity index (χ0n) is 39.1. The van der Waals surface area contributed by atoms with Gasteiger partial charge in [-0.15, -0.1) is 0 Å². The van der Waals surface area contributed by atoms with Crippen molar-refractivity contribution in [3.05, 3.63) is 0 Å². The van der Waals surface area contributed by atoms with Crippen LogP contribution in [0.3, 0.4) is 0 Å². The van der Waals surface area contributed by atoms with Gasteiger partial charge in [-0.05, 0) is 38.5 Å². The van der Waals surface area contributed by atoms with Gasteiger partial charge in [-0.3, -0.25) is 62.3 Å². The standard InChI is InChI=1S/C41H64F2N8O19/c1-7-15(3)29(44)38(67)46-19(9-11-23(54)55)36(65)50-31(17(5)52)40(69)48-21(13-25(58)59)33(62)27(42)35(64)28(43)34(63)22(14-26(60)61)49-41(70)32(18(6)53)51-37(66)20(10-12-24(56)57)47-39(68)30(45)16(4)8-2/h15-22,27-32,52-53H,7-14,44-45H2,1-6H3,(H,46,67)(H,47,68)(H,48,69)(H,49,70)(H,50,65)(H,51,66)(H,54,55)(H,56,57)(H,58,59)(H,60,61)/t15-,16-,17+,18+,19-,20-,21-,22-,27?,28?,29-,30-,31-,32-/m0/s1. The van der Waals surface area contributed by atoms with Crippen LogP contribution >= 0.6 is 0 Å². The highest BCUT2D eigenvalue weighted by atomic mass is 19.1. The van der Waals surface area contributed by atoms with Crippen molar-refractivity contribution in [3.63, 3.8) is 0 Å². The number of aliphatic hydroxyl groups excluding tert-OH is 2. The first-order valence-corrected chi connectivity index (χ1v) is 21.8. The maximum absolute atomic E-state index is 15.6. The predicted octanol–water partition coefficient (Wildman–Crippen LogP) is -4.53. The third kappa shape index (κ3) is 21.0. The summed E-state index contributed by atoms with van der Waals surface area (Å²) in [6.07, 6.45) is -16.5. The van der Waals surface area contributed by atoms with Crippen molar-refractivity contribution in [1.82, 2.24) is 31.9 Å². The Labute approximate surface area is 399 Å². The molecule has 0 aliphatic carbocycles. The Hall–Kier alpha value is -6.59. The Bertz CT molecular complexity index is 1810. The van der Waals surface area contributed by atoms with Crippen molar-refractivity contribution in [2.75, 3.05) is 0 Å². The Balaban J connectivity index is 6.52. The number of carbonyl (C=O) groups is 13. The Morgan fingerprint density at radius 1 is 0.429 bits per heavy atom. The van der Waals surface area contributed by atoms with Crippen molar-refractivity contribution in [2.45, 2.75) is 166 Å². The van der Waals surface area contributed by atoms with Gasteiger partial charge in [0.25, 0.3) is 0 Å². The van der Waals surface area contributed by atoms with Crippen LogP contribution in [0.5, 0.6) is 0 Å². The molecule has 0 aliphatic rings. The van der Waals surface area contributed by atoms with Crippen LogP contribution in [0.25, 0.3) is 0 Å². The van der Waals surface area contributed by atoms with Crippen molar-refractivity contribution in [1.29, 1.82) is 0 Å². The number of aliphatic hydroxyl groups is 2. The molecule has 0 aromatic carbocycles. The molecule has 0 heterocycles. The topological polar surface area (TPSA) is 468 Å². The van der Waals surface area contributed by atoms with Crippen LogP contribution < -0.4 is 43.4 Å². The van der Waals surface area contributed by atoms with E-state index in [1.54, 1.807) is 38.3 Å². The molecule has 0 aromatic heterocycles. The minimum absolute atomic E-state index is 0.410. The van der Waals surface area contributed by atoms with Gasteiger partial charge in [0, 0.05) is 12.8 Å². The fraction of sp³-hybridized carbons (Fsp3) is 0.683. The molecule has 0 rings (SSSR count). The molecule has 14 atom stereocenters. The van der Waals surface area contributed by atoms with Crippen LogP contribution in [0.1, 0.15) is 92.9 Å². The lowest BCUT2D eigenvalue weighted by atomic mass is 9.95. The second-order valence-corrected chi connectivity index (χ2v) is 16.5. The van der Waals surface area contributed by atoms with E-state index in [4.69, 9.17) is 21.7 Å². The summed E-state index contributed by atoms with van der Waals surface area (Å²) in [5.41, 5.74) is 11.8. The van der Waals surface area contributed by atoms with Gasteiger partial charge in [0.05, 0.1) is 37.1 Å². The molecule has 0 saturated heterocycles. The molecule has 70 heavy (non-hydrogen) atoms. The number of carboxylic acids is 4. The lowest BCUT2D eigenvalue weighted by molar-refractivity contribution is -0.148. The number of rotatable bonds is 34. The van der Waals surface area contributed by atoms with E-state index in [1.165, 1.54) is 0 Å². The summed E-state index contributed by atoms with van der Waals surface area (Å²) < 4.78 is 31.2. The zero-order valence-corrected chi connectivity index (χ0v) is 39.1. The molecule has 16 N–H and O–H groups in total. The van der Waals surface area contributed by atoms with Gasteiger partial charge in [-0.2, -0.15) is 0 Å². The Morgan fingerprint density at radius 2 is 0.714 bits per heavy atom. The summed E-state index contributed by atoms with van der Waals surface area (Å²) in [5.74, 6) is -22.4. The van der Waals surface area contributed by atoms with Gasteiger partial charge in [-0.1, -0.05) is 40.5 Å². The van der Waals surface area contributed by atoms with E-state index in [2.05, 4.69) is 10.6 Å². The van der Waals surface area contributed by atoms with Crippen molar-refractivity contribution < 1.29 is 102 Å². The Morgan fingerprint density at radius 3 is 0.957 bits per heavy atom. The van der Waals surface area contributed by atoms with Crippen LogP contribution in [-0.4, -0.2) is 180 Å². The van der Waals surface area contributed by atoms with Crippen LogP contribution in [0.2, 0.25) is 0 Å². The SMILES string of the molecule is CC[C@H](C)[C@H](N)C(=O)N[C@@H](CCC(=O)O)C(=O)N[C@H](C(=O)N[C@@H](CC(=O)O)C(=O)C(F)C(=O)C(F)C(=O)[C@H](CC(=O)O)NC(=O)[C@@H](NC(=O)[C@H](CCC(=O)O)NC(=O)[C@@H](N)[C@@H](C)CC)[C@@H](C)O)[C@@H](C)O. The number of hydrogen-bond donors (Lipinski definition) is 14. The molecule has 29 heteroatoms. The molecule has 0 saturated carbocycles. The molecule has 0 aromatic rings. The second kappa shape index (κ2) is 30.1. The number of Topliss-reactive ketones (excluding diaryl/α,β-unsaturated/α-hetero) is 3. The number of carboxylic acid groups (broad SMARTS) is 4. The fourth-order valence-electron chi connectivity index (χ4n) is 6.03. The summed E-state index contributed by atoms with van der Waals surface area (Å²) in [6.45, 7) is 8.36. The highest BCUT2D eigenvalue weighted by Gasteiger charge is 2.45. The molecule has 0 bridgehead atoms. The van der Waals surface area contributed by atoms with Crippen molar-refractivity contribution in [3.8, 4) is 0 Å². The average Bonchev–Trinajstić information content (AvgIpc) is 3.28. The number of carbonyl (C=O) groups excluding carboxylic acids is 9. The number of alkyl halides is 2. The van der Waals surface area contributed by atoms with Crippen molar-refractivity contribution in [2.24, 2.45) is 23.3 Å². The van der Waals surface area contributed by atoms with Gasteiger partial charge < -0.3 is 74.0 Å². The first kappa shape index (κ1) is 63.4. The summed E-state index contributed by atoms with van der Waals surface area (Å²) in [5, 5.41) is 69.6. The van der Waals surface area contributed by atoms with Gasteiger partial charge in [0.2, 0.25) is 53.6 Å². The molecule has 27 nitrogen and oxygen atoms in total. The number of amides is 6. The minimum atomic E-state index is -3.83. The Kier molecular flexibility index (Phi) is 27.3. The number of halogens is 2. The maximum Gasteiger partial charge on any atom is 0.305 e. The molecule has 0 radical (unpaired) electrons. The van der Waals surface area contributed by atoms with E-state index >= 15 is 8.78 Å². The highest BCUT2D eigenvalue weighted by molar-refractivity contribution is 6.18. The summed E-state index contributed by atoms with van der Waals surface area (Å²) in [7, 11) is 0. The normalized spacial score (nSPS) is 17.2. The number of nitrogens with two attached hydrogens (primary N) is 2. The third-order valence-corrected chi connectivity index (χ3v) is 10.9. The molecule has 396 valence electrons. The average molecular weight is 1010 g/mol. The van der Waals surface area contributed by atoms with Gasteiger partial charge in [0.15, 0.2) is 11.6 Å². The highest BCUT2D eigenvalue weighted by Crippen LogP contribution is 2.15. The second-order valence-electron chi connectivity index (χ2n) is 16.5. The summed E-state index contributed by atoms with van der Waals surface area (Å²) in [6, 6.07) is -15.5. The number of nitrogens with one attached hydrogen (secondary N) is 6. The van der Waals surface area contributed by atoms with E-state index in [-0.39, 0.29) is 0 Å². The monoisotopic (exact) mass is 1010 g/mol. The molecular formula is C41H64F2N8O19. The molecule has 6 amide bonds. The van der Waals surface area contributed by atoms with E-state index in [0.717, 1.165) is 13.8 Å². The van der Waals surface area contributed by atoms with Crippen LogP contribution in [0.15, 0.2) is 0 Å². The first-order valence-electron chi connectivity index (χ1n) is 21.8.